The summed E-state index contributed by atoms with van der Waals surface area (Å²) in [7, 11) is 0. The summed E-state index contributed by atoms with van der Waals surface area (Å²) in [5.74, 6) is 0. The number of rotatable bonds is 4. The van der Waals surface area contributed by atoms with Gasteiger partial charge in [-0.2, -0.15) is 0 Å². The van der Waals surface area contributed by atoms with Gasteiger partial charge in [0, 0.05) is 0 Å². The van der Waals surface area contributed by atoms with E-state index < -0.39 is 0 Å². The van der Waals surface area contributed by atoms with Crippen LogP contribution in [0.1, 0.15) is 13.8 Å². The van der Waals surface area contributed by atoms with E-state index >= 15 is 0 Å². The van der Waals surface area contributed by atoms with Crippen molar-refractivity contribution < 1.29 is 17.7 Å². The number of quaternary nitrogens is 1. The van der Waals surface area contributed by atoms with Gasteiger partial charge in [-0.1, -0.05) is 13.2 Å². The Bertz CT molecular complexity index is 108. The molecular weight excluding hydrogens is 146 g/mol. The Kier molecular flexibility index (Phi) is 6.84. The van der Waals surface area contributed by atoms with E-state index in [4.69, 9.17) is 0 Å². The molecule has 60 valence electrons. The standard InChI is InChI=1S/C8H15N.ClH/c1-5-7-9-8(3,4)6-2;/h5-6,9H,1-2,7H2,3-4H3;1H. The molecule has 0 radical (unpaired) electrons. The molecule has 0 saturated heterocycles. The van der Waals surface area contributed by atoms with Crippen molar-refractivity contribution in [2.24, 2.45) is 0 Å². The average molecular weight is 162 g/mol. The van der Waals surface area contributed by atoms with Crippen LogP contribution in [0.3, 0.4) is 0 Å². The van der Waals surface area contributed by atoms with Gasteiger partial charge in [0.05, 0.1) is 6.54 Å². The second kappa shape index (κ2) is 5.51. The van der Waals surface area contributed by atoms with Gasteiger partial charge >= 0.3 is 0 Å². The van der Waals surface area contributed by atoms with Gasteiger partial charge in [0.15, 0.2) is 0 Å². The summed E-state index contributed by atoms with van der Waals surface area (Å²) in [6.07, 6.45) is 3.84. The lowest BCUT2D eigenvalue weighted by atomic mass is 10.1. The number of hydrogen-bond acceptors (Lipinski definition) is 0. The molecule has 0 aromatic heterocycles. The van der Waals surface area contributed by atoms with Crippen LogP contribution in [-0.4, -0.2) is 12.1 Å². The predicted molar refractivity (Wildman–Crippen MR) is 41.3 cm³/mol. The molecule has 0 heterocycles. The Labute approximate surface area is 69.6 Å². The number of nitrogens with two attached hydrogens (primary N) is 1. The lowest BCUT2D eigenvalue weighted by Crippen LogP contribution is -3.00. The Morgan fingerprint density at radius 2 is 1.90 bits per heavy atom. The van der Waals surface area contributed by atoms with E-state index in [9.17, 15) is 0 Å². The molecule has 0 aliphatic carbocycles. The van der Waals surface area contributed by atoms with Crippen LogP contribution in [0.4, 0.5) is 0 Å². The highest BCUT2D eigenvalue weighted by Gasteiger charge is 2.13. The van der Waals surface area contributed by atoms with E-state index in [0.717, 1.165) is 6.54 Å². The molecule has 0 bridgehead atoms. The zero-order chi connectivity index (χ0) is 7.33. The highest BCUT2D eigenvalue weighted by atomic mass is 35.5. The van der Waals surface area contributed by atoms with Crippen molar-refractivity contribution in [3.8, 4) is 0 Å². The van der Waals surface area contributed by atoms with Crippen molar-refractivity contribution in [1.29, 1.82) is 0 Å². The van der Waals surface area contributed by atoms with Gasteiger partial charge in [-0.15, -0.1) is 0 Å². The summed E-state index contributed by atoms with van der Waals surface area (Å²) in [4.78, 5) is 0. The molecule has 10 heavy (non-hydrogen) atoms. The Morgan fingerprint density at radius 1 is 1.40 bits per heavy atom. The third-order valence-electron chi connectivity index (χ3n) is 1.34. The molecule has 0 aliphatic rings. The van der Waals surface area contributed by atoms with E-state index in [1.165, 1.54) is 0 Å². The van der Waals surface area contributed by atoms with E-state index in [-0.39, 0.29) is 17.9 Å². The molecule has 0 atom stereocenters. The topological polar surface area (TPSA) is 16.6 Å². The number of hydrogen-bond donors (Lipinski definition) is 1. The molecule has 0 rings (SSSR count). The summed E-state index contributed by atoms with van der Waals surface area (Å²) < 4.78 is 0. The minimum atomic E-state index is 0. The van der Waals surface area contributed by atoms with Crippen molar-refractivity contribution in [1.82, 2.24) is 0 Å². The van der Waals surface area contributed by atoms with Crippen LogP contribution in [0, 0.1) is 0 Å². The zero-order valence-corrected chi connectivity index (χ0v) is 7.49. The maximum absolute atomic E-state index is 3.72. The fourth-order valence-corrected chi connectivity index (χ4v) is 0.470. The van der Waals surface area contributed by atoms with Crippen LogP contribution in [0.25, 0.3) is 0 Å². The molecule has 0 spiro atoms. The van der Waals surface area contributed by atoms with Crippen molar-refractivity contribution >= 4 is 0 Å². The van der Waals surface area contributed by atoms with Crippen LogP contribution in [0.5, 0.6) is 0 Å². The third-order valence-corrected chi connectivity index (χ3v) is 1.34. The molecule has 1 nitrogen and oxygen atoms in total. The fraction of sp³-hybridized carbons (Fsp3) is 0.500. The Balaban J connectivity index is 0. The van der Waals surface area contributed by atoms with Gasteiger partial charge in [0.2, 0.25) is 0 Å². The van der Waals surface area contributed by atoms with Gasteiger partial charge in [0.25, 0.3) is 0 Å². The molecular formula is C8H16ClN. The second-order valence-corrected chi connectivity index (χ2v) is 2.75. The smallest absolute Gasteiger partial charge is 0.109 e. The first-order valence-electron chi connectivity index (χ1n) is 3.21. The van der Waals surface area contributed by atoms with Crippen LogP contribution in [0.2, 0.25) is 0 Å². The van der Waals surface area contributed by atoms with Gasteiger partial charge < -0.3 is 17.7 Å². The molecule has 0 amide bonds. The van der Waals surface area contributed by atoms with Gasteiger partial charge in [-0.3, -0.25) is 0 Å². The Hall–Kier alpha value is -0.270. The first-order valence-corrected chi connectivity index (χ1v) is 3.21. The van der Waals surface area contributed by atoms with Crippen molar-refractivity contribution in [2.45, 2.75) is 19.4 Å². The van der Waals surface area contributed by atoms with E-state index in [1.54, 1.807) is 0 Å². The summed E-state index contributed by atoms with van der Waals surface area (Å²) in [6, 6.07) is 0. The monoisotopic (exact) mass is 161 g/mol. The lowest BCUT2D eigenvalue weighted by Gasteiger charge is -2.16. The van der Waals surface area contributed by atoms with Gasteiger partial charge in [-0.25, -0.2) is 0 Å². The number of halogens is 1. The fourth-order valence-electron chi connectivity index (χ4n) is 0.470. The highest BCUT2D eigenvalue weighted by Crippen LogP contribution is 1.92. The maximum atomic E-state index is 3.72. The first-order chi connectivity index (χ1) is 4.12. The average Bonchev–Trinajstić information content (AvgIpc) is 1.84. The predicted octanol–water partition coefficient (Wildman–Crippen LogP) is -2.30. The quantitative estimate of drug-likeness (QED) is 0.447. The molecule has 0 unspecified atom stereocenters. The zero-order valence-electron chi connectivity index (χ0n) is 6.73. The molecule has 0 saturated carbocycles. The molecule has 0 aromatic carbocycles. The van der Waals surface area contributed by atoms with Gasteiger partial charge in [-0.05, 0) is 26.0 Å². The maximum Gasteiger partial charge on any atom is 0.109 e. The molecule has 2 N–H and O–H groups in total. The van der Waals surface area contributed by atoms with Gasteiger partial charge in [0.1, 0.15) is 5.54 Å². The lowest BCUT2D eigenvalue weighted by molar-refractivity contribution is -0.701. The van der Waals surface area contributed by atoms with Crippen molar-refractivity contribution in [2.75, 3.05) is 6.54 Å². The molecule has 0 fully saturated rings. The normalized spacial score (nSPS) is 9.80. The van der Waals surface area contributed by atoms with Crippen LogP contribution in [-0.2, 0) is 0 Å². The first kappa shape index (κ1) is 12.4. The third kappa shape index (κ3) is 5.86. The van der Waals surface area contributed by atoms with E-state index in [0.29, 0.717) is 0 Å². The van der Waals surface area contributed by atoms with E-state index in [1.807, 2.05) is 12.2 Å². The van der Waals surface area contributed by atoms with Crippen LogP contribution < -0.4 is 17.7 Å². The van der Waals surface area contributed by atoms with Crippen LogP contribution in [0.15, 0.2) is 25.3 Å². The van der Waals surface area contributed by atoms with Crippen molar-refractivity contribution in [3.63, 3.8) is 0 Å². The molecule has 2 heteroatoms. The summed E-state index contributed by atoms with van der Waals surface area (Å²) >= 11 is 0. The SMILES string of the molecule is C=CC[NH2+]C(C)(C)C=C.[Cl-]. The second-order valence-electron chi connectivity index (χ2n) is 2.75. The summed E-state index contributed by atoms with van der Waals surface area (Å²) in [5, 5.41) is 2.19. The molecule has 0 aromatic rings. The summed E-state index contributed by atoms with van der Waals surface area (Å²) in [6.45, 7) is 12.6. The van der Waals surface area contributed by atoms with Crippen molar-refractivity contribution in [3.05, 3.63) is 25.3 Å². The highest BCUT2D eigenvalue weighted by molar-refractivity contribution is 4.86. The summed E-state index contributed by atoms with van der Waals surface area (Å²) in [5.41, 5.74) is 0.161. The Morgan fingerprint density at radius 3 is 2.20 bits per heavy atom. The molecule has 0 aliphatic heterocycles. The minimum Gasteiger partial charge on any atom is -1.00 e. The van der Waals surface area contributed by atoms with Crippen LogP contribution >= 0.6 is 0 Å². The largest absolute Gasteiger partial charge is 1.00 e. The minimum absolute atomic E-state index is 0. The van der Waals surface area contributed by atoms with E-state index in [2.05, 4.69) is 32.3 Å².